The third kappa shape index (κ3) is 6.98. The van der Waals surface area contributed by atoms with Crippen LogP contribution in [0.25, 0.3) is 0 Å². The van der Waals surface area contributed by atoms with Gasteiger partial charge in [0.25, 0.3) is 5.91 Å². The second kappa shape index (κ2) is 14.0. The van der Waals surface area contributed by atoms with E-state index < -0.39 is 0 Å². The van der Waals surface area contributed by atoms with E-state index in [0.717, 1.165) is 50.1 Å². The Hall–Kier alpha value is -4.94. The summed E-state index contributed by atoms with van der Waals surface area (Å²) in [6.45, 7) is 7.85. The van der Waals surface area contributed by atoms with Gasteiger partial charge in [0.1, 0.15) is 24.1 Å². The van der Waals surface area contributed by atoms with Crippen LogP contribution in [0.4, 0.5) is 10.3 Å². The van der Waals surface area contributed by atoms with Crippen molar-refractivity contribution < 1.29 is 14.2 Å². The number of hydrogen-bond acceptors (Lipinski definition) is 7. The fraction of sp³-hybridized carbons (Fsp3) is 0.235. The van der Waals surface area contributed by atoms with E-state index in [0.29, 0.717) is 36.2 Å². The minimum Gasteiger partial charge on any atom is -0.339 e. The Morgan fingerprint density at radius 3 is 2.24 bits per heavy atom. The second-order valence-corrected chi connectivity index (χ2v) is 13.0. The SMILES string of the molecule is CCc1c[n+](Cc2sc(NC(=O)c3cccn3Cc3ccncc3C)nc2CC)c(NC(=O)c2cccn2Cc2ccncc2)s1. The number of anilines is 2. The van der Waals surface area contributed by atoms with E-state index in [2.05, 4.69) is 45.2 Å². The van der Waals surface area contributed by atoms with E-state index in [1.54, 1.807) is 29.9 Å². The number of nitrogens with zero attached hydrogens (tertiary/aromatic N) is 6. The Labute approximate surface area is 275 Å². The molecule has 0 saturated heterocycles. The first-order valence-corrected chi connectivity index (χ1v) is 16.8. The molecule has 6 aromatic rings. The van der Waals surface area contributed by atoms with Crippen LogP contribution in [0.1, 0.15) is 67.0 Å². The van der Waals surface area contributed by atoms with Crippen molar-refractivity contribution in [3.8, 4) is 0 Å². The minimum atomic E-state index is -0.209. The van der Waals surface area contributed by atoms with Gasteiger partial charge in [-0.1, -0.05) is 36.5 Å². The molecule has 0 radical (unpaired) electrons. The van der Waals surface area contributed by atoms with Gasteiger partial charge in [0, 0.05) is 50.3 Å². The molecule has 0 unspecified atom stereocenters. The van der Waals surface area contributed by atoms with Crippen LogP contribution >= 0.6 is 22.7 Å². The molecule has 10 nitrogen and oxygen atoms in total. The van der Waals surface area contributed by atoms with Crippen LogP contribution in [0.2, 0.25) is 0 Å². The number of carbonyl (C=O) groups is 2. The molecule has 2 amide bonds. The molecule has 2 N–H and O–H groups in total. The molecule has 0 fully saturated rings. The van der Waals surface area contributed by atoms with Gasteiger partial charge in [-0.15, -0.1) is 0 Å². The highest BCUT2D eigenvalue weighted by Crippen LogP contribution is 2.26. The zero-order chi connectivity index (χ0) is 32.0. The number of rotatable bonds is 12. The lowest BCUT2D eigenvalue weighted by molar-refractivity contribution is -0.669. The Morgan fingerprint density at radius 1 is 0.848 bits per heavy atom. The summed E-state index contributed by atoms with van der Waals surface area (Å²) in [5.74, 6) is -0.380. The zero-order valence-electron chi connectivity index (χ0n) is 25.9. The van der Waals surface area contributed by atoms with Gasteiger partial charge in [0.2, 0.25) is 0 Å². The zero-order valence-corrected chi connectivity index (χ0v) is 27.6. The van der Waals surface area contributed by atoms with E-state index in [1.165, 1.54) is 11.3 Å². The molecular weight excluding hydrogens is 617 g/mol. The Bertz CT molecular complexity index is 1970. The molecule has 0 spiro atoms. The Morgan fingerprint density at radius 2 is 1.54 bits per heavy atom. The molecular formula is C34H35N8O2S2+. The number of aryl methyl sites for hydroxylation is 3. The lowest BCUT2D eigenvalue weighted by Gasteiger charge is -2.10. The number of pyridine rings is 2. The predicted octanol–water partition coefficient (Wildman–Crippen LogP) is 5.97. The van der Waals surface area contributed by atoms with Crippen LogP contribution in [0.5, 0.6) is 0 Å². The van der Waals surface area contributed by atoms with Gasteiger partial charge in [-0.3, -0.25) is 20.1 Å². The Balaban J connectivity index is 1.18. The number of carbonyl (C=O) groups excluding carboxylic acids is 2. The van der Waals surface area contributed by atoms with Crippen LogP contribution in [-0.4, -0.2) is 35.9 Å². The molecule has 0 aromatic carbocycles. The smallest absolute Gasteiger partial charge is 0.339 e. The number of nitrogens with one attached hydrogen (secondary N) is 2. The average molecular weight is 652 g/mol. The average Bonchev–Trinajstić information content (AvgIpc) is 3.87. The third-order valence-electron chi connectivity index (χ3n) is 7.71. The quantitative estimate of drug-likeness (QED) is 0.159. The molecule has 0 aliphatic rings. The number of thiazole rings is 2. The fourth-order valence-electron chi connectivity index (χ4n) is 5.20. The first kappa shape index (κ1) is 31.1. The van der Waals surface area contributed by atoms with Crippen molar-refractivity contribution in [3.05, 3.63) is 129 Å². The van der Waals surface area contributed by atoms with Gasteiger partial charge >= 0.3 is 11.0 Å². The summed E-state index contributed by atoms with van der Waals surface area (Å²) in [6, 6.07) is 13.3. The van der Waals surface area contributed by atoms with E-state index >= 15 is 0 Å². The lowest BCUT2D eigenvalue weighted by atomic mass is 10.1. The van der Waals surface area contributed by atoms with Gasteiger partial charge in [-0.2, -0.15) is 5.32 Å². The monoisotopic (exact) mass is 651 g/mol. The topological polar surface area (TPSA) is 111 Å². The molecule has 0 atom stereocenters. The summed E-state index contributed by atoms with van der Waals surface area (Å²) in [5.41, 5.74) is 5.31. The maximum Gasteiger partial charge on any atom is 0.356 e. The molecule has 234 valence electrons. The van der Waals surface area contributed by atoms with Crippen LogP contribution < -0.4 is 15.2 Å². The third-order valence-corrected chi connectivity index (χ3v) is 9.89. The molecule has 0 aliphatic carbocycles. The highest BCUT2D eigenvalue weighted by molar-refractivity contribution is 7.16. The maximum absolute atomic E-state index is 13.5. The van der Waals surface area contributed by atoms with Crippen molar-refractivity contribution in [1.82, 2.24) is 24.1 Å². The fourth-order valence-corrected chi connectivity index (χ4v) is 7.19. The lowest BCUT2D eigenvalue weighted by Crippen LogP contribution is -2.36. The van der Waals surface area contributed by atoms with Gasteiger partial charge in [-0.25, -0.2) is 14.3 Å². The van der Waals surface area contributed by atoms with E-state index in [4.69, 9.17) is 4.98 Å². The van der Waals surface area contributed by atoms with Crippen LogP contribution in [0.3, 0.4) is 0 Å². The summed E-state index contributed by atoms with van der Waals surface area (Å²) >= 11 is 3.03. The van der Waals surface area contributed by atoms with Crippen molar-refractivity contribution in [3.63, 3.8) is 0 Å². The predicted molar refractivity (Wildman–Crippen MR) is 181 cm³/mol. The second-order valence-electron chi connectivity index (χ2n) is 10.8. The highest BCUT2D eigenvalue weighted by atomic mass is 32.1. The van der Waals surface area contributed by atoms with Crippen LogP contribution in [0, 0.1) is 6.92 Å². The van der Waals surface area contributed by atoms with Crippen molar-refractivity contribution in [1.29, 1.82) is 0 Å². The van der Waals surface area contributed by atoms with Crippen molar-refractivity contribution in [2.24, 2.45) is 0 Å². The first-order valence-electron chi connectivity index (χ1n) is 15.1. The van der Waals surface area contributed by atoms with Crippen molar-refractivity contribution in [2.75, 3.05) is 10.6 Å². The van der Waals surface area contributed by atoms with Gasteiger partial charge in [0.15, 0.2) is 5.13 Å². The first-order chi connectivity index (χ1) is 22.4. The molecule has 0 bridgehead atoms. The summed E-state index contributed by atoms with van der Waals surface area (Å²) in [4.78, 5) is 42.1. The van der Waals surface area contributed by atoms with Crippen molar-refractivity contribution >= 4 is 44.8 Å². The summed E-state index contributed by atoms with van der Waals surface area (Å²) < 4.78 is 5.94. The molecule has 46 heavy (non-hydrogen) atoms. The largest absolute Gasteiger partial charge is 0.356 e. The molecule has 6 rings (SSSR count). The van der Waals surface area contributed by atoms with Crippen LogP contribution in [0.15, 0.2) is 85.8 Å². The normalized spacial score (nSPS) is 11.1. The van der Waals surface area contributed by atoms with Crippen LogP contribution in [-0.2, 0) is 32.5 Å². The van der Waals surface area contributed by atoms with Crippen molar-refractivity contribution in [2.45, 2.75) is 53.2 Å². The van der Waals surface area contributed by atoms with Gasteiger partial charge in [0.05, 0.1) is 15.4 Å². The van der Waals surface area contributed by atoms with Gasteiger partial charge < -0.3 is 9.13 Å². The molecule has 6 heterocycles. The number of hydrogen-bond donors (Lipinski definition) is 2. The van der Waals surface area contributed by atoms with E-state index in [9.17, 15) is 9.59 Å². The Kier molecular flexibility index (Phi) is 9.46. The summed E-state index contributed by atoms with van der Waals surface area (Å²) in [6.07, 6.45) is 14.6. The van der Waals surface area contributed by atoms with Gasteiger partial charge in [-0.05, 0) is 78.9 Å². The summed E-state index contributed by atoms with van der Waals surface area (Å²) in [5, 5.41) is 7.49. The highest BCUT2D eigenvalue weighted by Gasteiger charge is 2.24. The summed E-state index contributed by atoms with van der Waals surface area (Å²) in [7, 11) is 0. The standard InChI is InChI=1S/C34H34N8O2S2/c1-4-26-21-42(34(45-26)39-32(44)29-9-6-16-40(29)19-24-10-13-35-14-11-24)22-30-27(5-2)37-33(46-30)38-31(43)28-8-7-17-41(28)20-25-12-15-36-18-23(25)3/h6-18,21H,4-5,19-20,22H2,1-3H3,(H,37,38,43)/p+1. The van der Waals surface area contributed by atoms with E-state index in [1.807, 2.05) is 77.1 Å². The number of amides is 2. The minimum absolute atomic E-state index is 0.171. The molecule has 6 aromatic heterocycles. The molecule has 0 aliphatic heterocycles. The molecule has 12 heteroatoms. The molecule has 0 saturated carbocycles. The maximum atomic E-state index is 13.5. The van der Waals surface area contributed by atoms with E-state index in [-0.39, 0.29) is 11.8 Å². The number of aromatic nitrogens is 6.